The maximum absolute atomic E-state index is 15.1. The summed E-state index contributed by atoms with van der Waals surface area (Å²) in [5, 5.41) is 15.1. The lowest BCUT2D eigenvalue weighted by Crippen LogP contribution is -2.22. The van der Waals surface area contributed by atoms with Crippen molar-refractivity contribution in [2.45, 2.75) is 19.8 Å². The molecule has 0 bridgehead atoms. The normalized spacial score (nSPS) is 11.2. The lowest BCUT2D eigenvalue weighted by Gasteiger charge is -2.12. The van der Waals surface area contributed by atoms with Gasteiger partial charge in [-0.1, -0.05) is 26.0 Å². The van der Waals surface area contributed by atoms with Crippen LogP contribution in [0, 0.1) is 5.82 Å². The highest BCUT2D eigenvalue weighted by Crippen LogP contribution is 2.30. The molecule has 0 saturated heterocycles. The minimum Gasteiger partial charge on any atom is -0.497 e. The number of amides is 2. The Labute approximate surface area is 212 Å². The molecule has 0 radical (unpaired) electrons. The SMILES string of the molecule is COc1cccc(-n2nc(C(C)C)cc2NC(=O)Nc2ccc(-c3cncc4c3cnn4C)cc2F)c1. The van der Waals surface area contributed by atoms with Crippen LogP contribution in [-0.4, -0.2) is 37.7 Å². The summed E-state index contributed by atoms with van der Waals surface area (Å²) in [4.78, 5) is 17.1. The summed E-state index contributed by atoms with van der Waals surface area (Å²) >= 11 is 0. The molecule has 37 heavy (non-hydrogen) atoms. The van der Waals surface area contributed by atoms with Gasteiger partial charge in [-0.25, -0.2) is 13.9 Å². The number of pyridine rings is 1. The van der Waals surface area contributed by atoms with Crippen molar-refractivity contribution < 1.29 is 13.9 Å². The van der Waals surface area contributed by atoms with Crippen LogP contribution in [0.25, 0.3) is 27.7 Å². The molecule has 2 N–H and O–H groups in total. The molecule has 0 aliphatic carbocycles. The van der Waals surface area contributed by atoms with Crippen LogP contribution < -0.4 is 15.4 Å². The monoisotopic (exact) mass is 499 g/mol. The topological polar surface area (TPSA) is 98.9 Å². The third-order valence-corrected chi connectivity index (χ3v) is 6.06. The van der Waals surface area contributed by atoms with Gasteiger partial charge in [-0.2, -0.15) is 10.2 Å². The number of nitrogens with one attached hydrogen (secondary N) is 2. The Hall–Kier alpha value is -4.73. The van der Waals surface area contributed by atoms with Gasteiger partial charge in [0.15, 0.2) is 0 Å². The van der Waals surface area contributed by atoms with Crippen LogP contribution in [0.15, 0.2) is 67.1 Å². The Kier molecular flexibility index (Phi) is 6.31. The maximum Gasteiger partial charge on any atom is 0.324 e. The quantitative estimate of drug-likeness (QED) is 0.311. The van der Waals surface area contributed by atoms with E-state index in [1.165, 1.54) is 12.1 Å². The van der Waals surface area contributed by atoms with Crippen molar-refractivity contribution in [3.63, 3.8) is 0 Å². The third-order valence-electron chi connectivity index (χ3n) is 6.06. The molecule has 188 valence electrons. The lowest BCUT2D eigenvalue weighted by atomic mass is 10.0. The van der Waals surface area contributed by atoms with E-state index in [9.17, 15) is 4.79 Å². The van der Waals surface area contributed by atoms with Gasteiger partial charge in [0, 0.05) is 36.3 Å². The average molecular weight is 500 g/mol. The first-order valence-corrected chi connectivity index (χ1v) is 11.7. The fourth-order valence-electron chi connectivity index (χ4n) is 4.05. The lowest BCUT2D eigenvalue weighted by molar-refractivity contribution is 0.262. The molecule has 0 aliphatic heterocycles. The van der Waals surface area contributed by atoms with Crippen molar-refractivity contribution in [3.8, 4) is 22.6 Å². The second kappa shape index (κ2) is 9.73. The molecular formula is C27H26FN7O2. The molecule has 0 unspecified atom stereocenters. The number of aryl methyl sites for hydroxylation is 1. The Morgan fingerprint density at radius 1 is 1.05 bits per heavy atom. The van der Waals surface area contributed by atoms with Gasteiger partial charge in [0.25, 0.3) is 0 Å². The van der Waals surface area contributed by atoms with Gasteiger partial charge in [0.1, 0.15) is 17.4 Å². The van der Waals surface area contributed by atoms with E-state index in [0.717, 1.165) is 27.8 Å². The smallest absolute Gasteiger partial charge is 0.324 e. The predicted molar refractivity (Wildman–Crippen MR) is 141 cm³/mol. The molecule has 0 saturated carbocycles. The molecule has 0 aliphatic rings. The number of carbonyl (C=O) groups is 1. The predicted octanol–water partition coefficient (Wildman–Crippen LogP) is 5.74. The largest absolute Gasteiger partial charge is 0.497 e. The average Bonchev–Trinajstić information content (AvgIpc) is 3.49. The number of carbonyl (C=O) groups excluding carboxylic acids is 1. The first-order chi connectivity index (χ1) is 17.8. The maximum atomic E-state index is 15.1. The zero-order valence-electron chi connectivity index (χ0n) is 20.9. The first kappa shape index (κ1) is 24.0. The molecule has 9 nitrogen and oxygen atoms in total. The highest BCUT2D eigenvalue weighted by Gasteiger charge is 2.17. The number of fused-ring (bicyclic) bond motifs is 1. The summed E-state index contributed by atoms with van der Waals surface area (Å²) in [7, 11) is 3.41. The molecule has 3 heterocycles. The first-order valence-electron chi connectivity index (χ1n) is 11.7. The zero-order valence-corrected chi connectivity index (χ0v) is 20.9. The highest BCUT2D eigenvalue weighted by atomic mass is 19.1. The molecule has 0 fully saturated rings. The summed E-state index contributed by atoms with van der Waals surface area (Å²) in [5.74, 6) is 0.673. The van der Waals surface area contributed by atoms with Gasteiger partial charge >= 0.3 is 6.03 Å². The van der Waals surface area contributed by atoms with E-state index in [2.05, 4.69) is 25.8 Å². The second-order valence-electron chi connectivity index (χ2n) is 8.88. The van der Waals surface area contributed by atoms with Crippen molar-refractivity contribution in [1.29, 1.82) is 0 Å². The van der Waals surface area contributed by atoms with Crippen LogP contribution in [0.5, 0.6) is 5.75 Å². The minimum atomic E-state index is -0.595. The number of aromatic nitrogens is 5. The van der Waals surface area contributed by atoms with Gasteiger partial charge in [-0.05, 0) is 35.7 Å². The summed E-state index contributed by atoms with van der Waals surface area (Å²) < 4.78 is 23.7. The Morgan fingerprint density at radius 2 is 1.89 bits per heavy atom. The van der Waals surface area contributed by atoms with Crippen LogP contribution in [0.2, 0.25) is 0 Å². The molecule has 0 atom stereocenters. The zero-order chi connectivity index (χ0) is 26.1. The molecule has 5 aromatic rings. The van der Waals surface area contributed by atoms with E-state index < -0.39 is 11.8 Å². The molecule has 3 aromatic heterocycles. The van der Waals surface area contributed by atoms with E-state index in [4.69, 9.17) is 4.74 Å². The molecule has 10 heteroatoms. The number of ether oxygens (including phenoxy) is 1. The van der Waals surface area contributed by atoms with Crippen molar-refractivity contribution in [2.75, 3.05) is 17.7 Å². The van der Waals surface area contributed by atoms with Crippen molar-refractivity contribution in [2.24, 2.45) is 7.05 Å². The van der Waals surface area contributed by atoms with Gasteiger partial charge in [0.2, 0.25) is 0 Å². The molecule has 0 spiro atoms. The molecular weight excluding hydrogens is 473 g/mol. The van der Waals surface area contributed by atoms with Crippen LogP contribution in [0.4, 0.5) is 20.7 Å². The van der Waals surface area contributed by atoms with Gasteiger partial charge < -0.3 is 10.1 Å². The summed E-state index contributed by atoms with van der Waals surface area (Å²) in [6.45, 7) is 4.03. The van der Waals surface area contributed by atoms with E-state index in [1.807, 2.05) is 45.2 Å². The van der Waals surface area contributed by atoms with Crippen LogP contribution in [-0.2, 0) is 7.05 Å². The molecule has 2 aromatic carbocycles. The third kappa shape index (κ3) is 4.73. The Bertz CT molecular complexity index is 1610. The highest BCUT2D eigenvalue weighted by molar-refractivity contribution is 6.00. The number of urea groups is 1. The summed E-state index contributed by atoms with van der Waals surface area (Å²) in [6, 6.07) is 13.2. The number of rotatable bonds is 6. The number of benzene rings is 2. The molecule has 2 amide bonds. The van der Waals surface area contributed by atoms with Crippen LogP contribution in [0.1, 0.15) is 25.5 Å². The summed E-state index contributed by atoms with van der Waals surface area (Å²) in [6.07, 6.45) is 5.11. The number of hydrogen-bond donors (Lipinski definition) is 2. The van der Waals surface area contributed by atoms with Gasteiger partial charge in [-0.3, -0.25) is 15.0 Å². The number of hydrogen-bond acceptors (Lipinski definition) is 5. The van der Waals surface area contributed by atoms with E-state index in [1.54, 1.807) is 47.2 Å². The van der Waals surface area contributed by atoms with Crippen molar-refractivity contribution >= 4 is 28.4 Å². The fourth-order valence-corrected chi connectivity index (χ4v) is 4.05. The minimum absolute atomic E-state index is 0.0455. The van der Waals surface area contributed by atoms with Crippen molar-refractivity contribution in [1.82, 2.24) is 24.5 Å². The van der Waals surface area contributed by atoms with Crippen molar-refractivity contribution in [3.05, 3.63) is 78.6 Å². The number of nitrogens with zero attached hydrogens (tertiary/aromatic N) is 5. The fraction of sp³-hybridized carbons (Fsp3) is 0.185. The van der Waals surface area contributed by atoms with E-state index >= 15 is 4.39 Å². The summed E-state index contributed by atoms with van der Waals surface area (Å²) in [5.41, 5.74) is 3.79. The van der Waals surface area contributed by atoms with Gasteiger partial charge in [-0.15, -0.1) is 0 Å². The number of methoxy groups -OCH3 is 1. The number of halogens is 1. The molecule has 5 rings (SSSR count). The standard InChI is InChI=1S/C27H26FN7O2/c1-16(2)24-12-26(35(33-24)18-6-5-7-19(11-18)37-4)32-27(36)31-23-9-8-17(10-22(23)28)20-13-29-15-25-21(20)14-30-34(25)3/h5-16H,1-4H3,(H2,31,32,36). The van der Waals surface area contributed by atoms with Crippen LogP contribution in [0.3, 0.4) is 0 Å². The van der Waals surface area contributed by atoms with Crippen LogP contribution >= 0.6 is 0 Å². The van der Waals surface area contributed by atoms with E-state index in [0.29, 0.717) is 17.1 Å². The Morgan fingerprint density at radius 3 is 2.65 bits per heavy atom. The number of anilines is 2. The second-order valence-corrected chi connectivity index (χ2v) is 8.88. The van der Waals surface area contributed by atoms with E-state index in [-0.39, 0.29) is 11.6 Å². The Balaban J connectivity index is 1.39. The van der Waals surface area contributed by atoms with Gasteiger partial charge in [0.05, 0.1) is 42.1 Å².